The smallest absolute Gasteiger partial charge is 0.270 e. The maximum absolute atomic E-state index is 11.8. The van der Waals surface area contributed by atoms with Crippen LogP contribution in [0.2, 0.25) is 10.0 Å². The molecule has 0 radical (unpaired) electrons. The highest BCUT2D eigenvalue weighted by atomic mass is 35.5. The minimum Gasteiger partial charge on any atom is -0.353 e. The van der Waals surface area contributed by atoms with Crippen molar-refractivity contribution in [2.75, 3.05) is 5.32 Å². The Morgan fingerprint density at radius 1 is 1.19 bits per heavy atom. The zero-order valence-electron chi connectivity index (χ0n) is 11.7. The van der Waals surface area contributed by atoms with Gasteiger partial charge in [-0.1, -0.05) is 23.2 Å². The Morgan fingerprint density at radius 3 is 2.52 bits per heavy atom. The summed E-state index contributed by atoms with van der Waals surface area (Å²) in [5, 5.41) is 7.00. The standard InChI is InChI=1S/C15H15Cl2N3O/c1-9(2)19-15(21)14-6-4-11(8-18-14)20-13-5-3-10(16)7-12(13)17/h3-9,20H,1-2H3,(H,19,21). The minimum absolute atomic E-state index is 0.0741. The number of hydrogen-bond acceptors (Lipinski definition) is 3. The number of nitrogens with zero attached hydrogens (tertiary/aromatic N) is 1. The average Bonchev–Trinajstić information content (AvgIpc) is 2.42. The lowest BCUT2D eigenvalue weighted by Crippen LogP contribution is -2.30. The van der Waals surface area contributed by atoms with E-state index in [1.807, 2.05) is 13.8 Å². The van der Waals surface area contributed by atoms with Crippen LogP contribution in [0.1, 0.15) is 24.3 Å². The van der Waals surface area contributed by atoms with Gasteiger partial charge in [-0.3, -0.25) is 4.79 Å². The van der Waals surface area contributed by atoms with E-state index < -0.39 is 0 Å². The van der Waals surface area contributed by atoms with Crippen molar-refractivity contribution in [1.82, 2.24) is 10.3 Å². The molecule has 4 nitrogen and oxygen atoms in total. The molecule has 2 rings (SSSR count). The van der Waals surface area contributed by atoms with Crippen molar-refractivity contribution in [2.24, 2.45) is 0 Å². The topological polar surface area (TPSA) is 54.0 Å². The molecule has 0 unspecified atom stereocenters. The summed E-state index contributed by atoms with van der Waals surface area (Å²) in [5.41, 5.74) is 1.83. The number of aromatic nitrogens is 1. The summed E-state index contributed by atoms with van der Waals surface area (Å²) in [6.45, 7) is 3.80. The fourth-order valence-electron chi connectivity index (χ4n) is 1.68. The summed E-state index contributed by atoms with van der Waals surface area (Å²) in [4.78, 5) is 15.9. The number of nitrogens with one attached hydrogen (secondary N) is 2. The van der Waals surface area contributed by atoms with E-state index in [4.69, 9.17) is 23.2 Å². The van der Waals surface area contributed by atoms with E-state index >= 15 is 0 Å². The molecule has 2 aromatic rings. The van der Waals surface area contributed by atoms with Crippen LogP contribution in [0.15, 0.2) is 36.5 Å². The fourth-order valence-corrected chi connectivity index (χ4v) is 2.14. The number of halogens is 2. The molecule has 0 aliphatic heterocycles. The Kier molecular flexibility index (Phi) is 5.04. The van der Waals surface area contributed by atoms with Crippen LogP contribution >= 0.6 is 23.2 Å². The van der Waals surface area contributed by atoms with Gasteiger partial charge in [0.1, 0.15) is 5.69 Å². The lowest BCUT2D eigenvalue weighted by atomic mass is 10.2. The van der Waals surface area contributed by atoms with E-state index in [0.717, 1.165) is 11.4 Å². The van der Waals surface area contributed by atoms with Crippen LogP contribution in [-0.4, -0.2) is 16.9 Å². The van der Waals surface area contributed by atoms with E-state index in [0.29, 0.717) is 15.7 Å². The first-order valence-electron chi connectivity index (χ1n) is 6.44. The summed E-state index contributed by atoms with van der Waals surface area (Å²) in [6.07, 6.45) is 1.58. The van der Waals surface area contributed by atoms with E-state index in [2.05, 4.69) is 15.6 Å². The van der Waals surface area contributed by atoms with Crippen LogP contribution in [0.5, 0.6) is 0 Å². The number of hydrogen-bond donors (Lipinski definition) is 2. The molecule has 1 amide bonds. The normalized spacial score (nSPS) is 10.5. The van der Waals surface area contributed by atoms with Crippen LogP contribution in [0.25, 0.3) is 0 Å². The van der Waals surface area contributed by atoms with Crippen LogP contribution in [-0.2, 0) is 0 Å². The van der Waals surface area contributed by atoms with Gasteiger partial charge < -0.3 is 10.6 Å². The van der Waals surface area contributed by atoms with Gasteiger partial charge >= 0.3 is 0 Å². The van der Waals surface area contributed by atoms with Gasteiger partial charge in [-0.15, -0.1) is 0 Å². The highest BCUT2D eigenvalue weighted by molar-refractivity contribution is 6.36. The lowest BCUT2D eigenvalue weighted by molar-refractivity contribution is 0.0938. The Hall–Kier alpha value is -1.78. The molecule has 0 saturated carbocycles. The summed E-state index contributed by atoms with van der Waals surface area (Å²) < 4.78 is 0. The fraction of sp³-hybridized carbons (Fsp3) is 0.200. The molecular weight excluding hydrogens is 309 g/mol. The average molecular weight is 324 g/mol. The summed E-state index contributed by atoms with van der Waals surface area (Å²) in [7, 11) is 0. The number of carbonyl (C=O) groups excluding carboxylic acids is 1. The molecule has 0 spiro atoms. The predicted molar refractivity (Wildman–Crippen MR) is 86.6 cm³/mol. The number of pyridine rings is 1. The highest BCUT2D eigenvalue weighted by Crippen LogP contribution is 2.27. The van der Waals surface area contributed by atoms with Crippen molar-refractivity contribution in [3.63, 3.8) is 0 Å². The second-order valence-corrected chi connectivity index (χ2v) is 5.65. The molecular formula is C15H15Cl2N3O. The van der Waals surface area contributed by atoms with E-state index in [9.17, 15) is 4.79 Å². The molecule has 1 heterocycles. The number of anilines is 2. The van der Waals surface area contributed by atoms with Gasteiger partial charge in [-0.2, -0.15) is 0 Å². The van der Waals surface area contributed by atoms with Crippen LogP contribution in [0.4, 0.5) is 11.4 Å². The number of rotatable bonds is 4. The summed E-state index contributed by atoms with van der Waals surface area (Å²) in [6, 6.07) is 8.68. The van der Waals surface area contributed by atoms with Crippen molar-refractivity contribution in [3.05, 3.63) is 52.3 Å². The second kappa shape index (κ2) is 6.78. The van der Waals surface area contributed by atoms with Crippen LogP contribution in [0.3, 0.4) is 0 Å². The first-order chi connectivity index (χ1) is 9.95. The molecule has 0 atom stereocenters. The first-order valence-corrected chi connectivity index (χ1v) is 7.20. The monoisotopic (exact) mass is 323 g/mol. The molecule has 1 aromatic heterocycles. The zero-order chi connectivity index (χ0) is 15.4. The Balaban J connectivity index is 2.10. The maximum Gasteiger partial charge on any atom is 0.270 e. The quantitative estimate of drug-likeness (QED) is 0.883. The van der Waals surface area contributed by atoms with Gasteiger partial charge in [0.2, 0.25) is 0 Å². The lowest BCUT2D eigenvalue weighted by Gasteiger charge is -2.10. The van der Waals surface area contributed by atoms with Gasteiger partial charge in [-0.05, 0) is 44.2 Å². The van der Waals surface area contributed by atoms with Crippen molar-refractivity contribution in [1.29, 1.82) is 0 Å². The van der Waals surface area contributed by atoms with Crippen molar-refractivity contribution >= 4 is 40.5 Å². The van der Waals surface area contributed by atoms with Crippen molar-refractivity contribution in [3.8, 4) is 0 Å². The van der Waals surface area contributed by atoms with Crippen LogP contribution in [0, 0.1) is 0 Å². The third-order valence-corrected chi connectivity index (χ3v) is 3.17. The first kappa shape index (κ1) is 15.6. The molecule has 1 aromatic carbocycles. The molecule has 0 aliphatic rings. The minimum atomic E-state index is -0.193. The highest BCUT2D eigenvalue weighted by Gasteiger charge is 2.08. The number of amides is 1. The largest absolute Gasteiger partial charge is 0.353 e. The predicted octanol–water partition coefficient (Wildman–Crippen LogP) is 4.27. The van der Waals surface area contributed by atoms with Gasteiger partial charge in [-0.25, -0.2) is 4.98 Å². The van der Waals surface area contributed by atoms with E-state index in [1.54, 1.807) is 36.5 Å². The van der Waals surface area contributed by atoms with Gasteiger partial charge in [0, 0.05) is 11.1 Å². The SMILES string of the molecule is CC(C)NC(=O)c1ccc(Nc2ccc(Cl)cc2Cl)cn1. The van der Waals surface area contributed by atoms with Crippen molar-refractivity contribution in [2.45, 2.75) is 19.9 Å². The van der Waals surface area contributed by atoms with Crippen LogP contribution < -0.4 is 10.6 Å². The summed E-state index contributed by atoms with van der Waals surface area (Å²) in [5.74, 6) is -0.193. The third-order valence-electron chi connectivity index (χ3n) is 2.63. The molecule has 6 heteroatoms. The summed E-state index contributed by atoms with van der Waals surface area (Å²) >= 11 is 11.9. The number of benzene rings is 1. The molecule has 0 bridgehead atoms. The second-order valence-electron chi connectivity index (χ2n) is 4.81. The van der Waals surface area contributed by atoms with E-state index in [1.165, 1.54) is 0 Å². The molecule has 0 saturated heterocycles. The molecule has 2 N–H and O–H groups in total. The van der Waals surface area contributed by atoms with E-state index in [-0.39, 0.29) is 11.9 Å². The molecule has 21 heavy (non-hydrogen) atoms. The Labute approximate surface area is 133 Å². The van der Waals surface area contributed by atoms with Gasteiger partial charge in [0.15, 0.2) is 0 Å². The third kappa shape index (κ3) is 4.34. The van der Waals surface area contributed by atoms with Gasteiger partial charge in [0.25, 0.3) is 5.91 Å². The Morgan fingerprint density at radius 2 is 1.95 bits per heavy atom. The Bertz CT molecular complexity index is 642. The number of carbonyl (C=O) groups is 1. The zero-order valence-corrected chi connectivity index (χ0v) is 13.2. The molecule has 0 aliphatic carbocycles. The molecule has 110 valence electrons. The van der Waals surface area contributed by atoms with Gasteiger partial charge in [0.05, 0.1) is 22.6 Å². The van der Waals surface area contributed by atoms with Crippen molar-refractivity contribution < 1.29 is 4.79 Å². The molecule has 0 fully saturated rings. The maximum atomic E-state index is 11.8.